The molecule has 3 heteroatoms. The third-order valence-corrected chi connectivity index (χ3v) is 3.26. The second kappa shape index (κ2) is 7.88. The summed E-state index contributed by atoms with van der Waals surface area (Å²) < 4.78 is 5.83. The van der Waals surface area contributed by atoms with Crippen molar-refractivity contribution in [1.82, 2.24) is 0 Å². The lowest BCUT2D eigenvalue weighted by atomic mass is 10.1. The Balaban J connectivity index is 2.36. The van der Waals surface area contributed by atoms with Crippen LogP contribution in [0.3, 0.4) is 0 Å². The van der Waals surface area contributed by atoms with Crippen molar-refractivity contribution in [2.75, 3.05) is 12.4 Å². The molecule has 0 radical (unpaired) electrons. The van der Waals surface area contributed by atoms with Crippen molar-refractivity contribution in [3.8, 4) is 5.75 Å². The molecule has 0 saturated carbocycles. The summed E-state index contributed by atoms with van der Waals surface area (Å²) in [7, 11) is 0. The maximum Gasteiger partial charge on any atom is 0.125 e. The minimum atomic E-state index is 0.779. The third-order valence-electron chi connectivity index (χ3n) is 2.72. The summed E-state index contributed by atoms with van der Waals surface area (Å²) in [5.74, 6) is 1.97. The van der Waals surface area contributed by atoms with Crippen molar-refractivity contribution in [3.05, 3.63) is 28.3 Å². The summed E-state index contributed by atoms with van der Waals surface area (Å²) in [6.45, 7) is 4.86. The van der Waals surface area contributed by atoms with Gasteiger partial charge in [-0.05, 0) is 55.7 Å². The molecule has 0 fully saturated rings. The Morgan fingerprint density at radius 3 is 2.24 bits per heavy atom. The Kier molecular flexibility index (Phi) is 6.83. The number of rotatable bonds is 7. The van der Waals surface area contributed by atoms with Gasteiger partial charge in [0.05, 0.1) is 6.61 Å². The molecule has 0 N–H and O–H groups in total. The summed E-state index contributed by atoms with van der Waals surface area (Å²) in [6, 6.07) is 3.90. The highest BCUT2D eigenvalue weighted by Crippen LogP contribution is 2.27. The van der Waals surface area contributed by atoms with Gasteiger partial charge in [0.25, 0.3) is 0 Å². The minimum absolute atomic E-state index is 0.779. The molecule has 1 aromatic rings. The molecule has 17 heavy (non-hydrogen) atoms. The van der Waals surface area contributed by atoms with Crippen LogP contribution in [0.4, 0.5) is 0 Å². The van der Waals surface area contributed by atoms with Crippen LogP contribution in [0.15, 0.2) is 12.1 Å². The van der Waals surface area contributed by atoms with Crippen molar-refractivity contribution in [2.45, 2.75) is 39.5 Å². The quantitative estimate of drug-likeness (QED) is 0.553. The number of halogens is 1. The first-order chi connectivity index (χ1) is 8.15. The van der Waals surface area contributed by atoms with Gasteiger partial charge in [-0.1, -0.05) is 24.4 Å². The number of aryl methyl sites for hydroxylation is 2. The summed E-state index contributed by atoms with van der Waals surface area (Å²) in [6.07, 6.45) is 4.76. The standard InChI is InChI=1S/C14H21ClOS/c1-11-9-13(15)10-12(2)14(11)16-7-5-3-4-6-8-17/h9-10,17H,3-8H2,1-2H3. The molecule has 0 bridgehead atoms. The van der Waals surface area contributed by atoms with Gasteiger partial charge < -0.3 is 4.74 Å². The fourth-order valence-electron chi connectivity index (χ4n) is 1.87. The fraction of sp³-hybridized carbons (Fsp3) is 0.571. The van der Waals surface area contributed by atoms with Crippen molar-refractivity contribution in [2.24, 2.45) is 0 Å². The average Bonchev–Trinajstić information content (AvgIpc) is 2.26. The van der Waals surface area contributed by atoms with E-state index >= 15 is 0 Å². The van der Waals surface area contributed by atoms with Gasteiger partial charge >= 0.3 is 0 Å². The molecule has 0 atom stereocenters. The van der Waals surface area contributed by atoms with Gasteiger partial charge in [-0.15, -0.1) is 0 Å². The zero-order valence-corrected chi connectivity index (χ0v) is 12.3. The van der Waals surface area contributed by atoms with Gasteiger partial charge in [0.1, 0.15) is 5.75 Å². The van der Waals surface area contributed by atoms with E-state index in [1.807, 2.05) is 26.0 Å². The van der Waals surface area contributed by atoms with Crippen LogP contribution in [-0.2, 0) is 0 Å². The van der Waals surface area contributed by atoms with E-state index in [1.54, 1.807) is 0 Å². The first kappa shape index (κ1) is 14.7. The summed E-state index contributed by atoms with van der Waals surface area (Å²) >= 11 is 10.2. The van der Waals surface area contributed by atoms with Crippen LogP contribution in [0.25, 0.3) is 0 Å². The highest BCUT2D eigenvalue weighted by molar-refractivity contribution is 7.80. The Bertz CT molecular complexity index is 329. The number of hydrogen-bond acceptors (Lipinski definition) is 2. The summed E-state index contributed by atoms with van der Waals surface area (Å²) in [5.41, 5.74) is 2.23. The number of hydrogen-bond donors (Lipinski definition) is 1. The Labute approximate surface area is 115 Å². The maximum absolute atomic E-state index is 5.98. The monoisotopic (exact) mass is 272 g/mol. The highest BCUT2D eigenvalue weighted by Gasteiger charge is 2.05. The van der Waals surface area contributed by atoms with E-state index in [4.69, 9.17) is 16.3 Å². The summed E-state index contributed by atoms with van der Waals surface area (Å²) in [4.78, 5) is 0. The lowest BCUT2D eigenvalue weighted by molar-refractivity contribution is 0.301. The summed E-state index contributed by atoms with van der Waals surface area (Å²) in [5, 5.41) is 0.779. The smallest absolute Gasteiger partial charge is 0.125 e. The van der Waals surface area contributed by atoms with E-state index in [9.17, 15) is 0 Å². The molecule has 0 saturated heterocycles. The first-order valence-corrected chi connectivity index (χ1v) is 7.16. The van der Waals surface area contributed by atoms with Gasteiger partial charge in [-0.25, -0.2) is 0 Å². The largest absolute Gasteiger partial charge is 0.493 e. The number of thiol groups is 1. The molecule has 0 aliphatic heterocycles. The van der Waals surface area contributed by atoms with Crippen LogP contribution in [0.2, 0.25) is 5.02 Å². The average molecular weight is 273 g/mol. The van der Waals surface area contributed by atoms with E-state index in [0.717, 1.165) is 40.7 Å². The predicted octanol–water partition coefficient (Wildman–Crippen LogP) is 4.83. The van der Waals surface area contributed by atoms with Gasteiger partial charge in [0.2, 0.25) is 0 Å². The van der Waals surface area contributed by atoms with Gasteiger partial charge in [0.15, 0.2) is 0 Å². The molecular formula is C14H21ClOS. The Morgan fingerprint density at radius 1 is 1.06 bits per heavy atom. The van der Waals surface area contributed by atoms with Gasteiger partial charge in [0, 0.05) is 5.02 Å². The van der Waals surface area contributed by atoms with E-state index < -0.39 is 0 Å². The lowest BCUT2D eigenvalue weighted by Crippen LogP contribution is -2.00. The zero-order chi connectivity index (χ0) is 12.7. The minimum Gasteiger partial charge on any atom is -0.493 e. The molecule has 0 aliphatic carbocycles. The molecule has 96 valence electrons. The van der Waals surface area contributed by atoms with Gasteiger partial charge in [-0.2, -0.15) is 12.6 Å². The van der Waals surface area contributed by atoms with Crippen LogP contribution in [-0.4, -0.2) is 12.4 Å². The maximum atomic E-state index is 5.98. The van der Waals surface area contributed by atoms with E-state index in [2.05, 4.69) is 12.6 Å². The van der Waals surface area contributed by atoms with Crippen molar-refractivity contribution >= 4 is 24.2 Å². The second-order valence-electron chi connectivity index (χ2n) is 4.35. The number of ether oxygens (including phenoxy) is 1. The van der Waals surface area contributed by atoms with Crippen LogP contribution in [0, 0.1) is 13.8 Å². The molecule has 1 rings (SSSR count). The zero-order valence-electron chi connectivity index (χ0n) is 10.6. The van der Waals surface area contributed by atoms with Crippen molar-refractivity contribution < 1.29 is 4.74 Å². The van der Waals surface area contributed by atoms with Crippen LogP contribution in [0.5, 0.6) is 5.75 Å². The van der Waals surface area contributed by atoms with Crippen molar-refractivity contribution in [1.29, 1.82) is 0 Å². The fourth-order valence-corrected chi connectivity index (χ4v) is 2.42. The van der Waals surface area contributed by atoms with Gasteiger partial charge in [-0.3, -0.25) is 0 Å². The molecule has 0 aromatic heterocycles. The number of benzene rings is 1. The van der Waals surface area contributed by atoms with E-state index in [0.29, 0.717) is 0 Å². The van der Waals surface area contributed by atoms with Crippen LogP contribution >= 0.6 is 24.2 Å². The van der Waals surface area contributed by atoms with Crippen LogP contribution < -0.4 is 4.74 Å². The second-order valence-corrected chi connectivity index (χ2v) is 5.24. The first-order valence-electron chi connectivity index (χ1n) is 6.15. The molecule has 0 unspecified atom stereocenters. The lowest BCUT2D eigenvalue weighted by Gasteiger charge is -2.12. The molecule has 0 spiro atoms. The van der Waals surface area contributed by atoms with E-state index in [-0.39, 0.29) is 0 Å². The van der Waals surface area contributed by atoms with Crippen molar-refractivity contribution in [3.63, 3.8) is 0 Å². The molecular weight excluding hydrogens is 252 g/mol. The molecule has 1 aromatic carbocycles. The molecule has 1 nitrogen and oxygen atoms in total. The Morgan fingerprint density at radius 2 is 1.65 bits per heavy atom. The molecule has 0 aliphatic rings. The van der Waals surface area contributed by atoms with E-state index in [1.165, 1.54) is 19.3 Å². The molecule has 0 amide bonds. The topological polar surface area (TPSA) is 9.23 Å². The number of unbranched alkanes of at least 4 members (excludes halogenated alkanes) is 3. The SMILES string of the molecule is Cc1cc(Cl)cc(C)c1OCCCCCCS. The third kappa shape index (κ3) is 5.22. The predicted molar refractivity (Wildman–Crippen MR) is 78.7 cm³/mol. The molecule has 0 heterocycles. The normalized spacial score (nSPS) is 10.6. The van der Waals surface area contributed by atoms with Crippen LogP contribution in [0.1, 0.15) is 36.8 Å². The Hall–Kier alpha value is -0.340. The highest BCUT2D eigenvalue weighted by atomic mass is 35.5.